The van der Waals surface area contributed by atoms with Gasteiger partial charge in [0.25, 0.3) is 5.56 Å². The Morgan fingerprint density at radius 3 is 2.92 bits per heavy atom. The molecule has 0 radical (unpaired) electrons. The highest BCUT2D eigenvalue weighted by atomic mass is 35.5. The first-order valence-electron chi connectivity index (χ1n) is 8.11. The number of nitrogens with one attached hydrogen (secondary N) is 2. The summed E-state index contributed by atoms with van der Waals surface area (Å²) in [5.41, 5.74) is 1.19. The molecule has 3 rings (SSSR count). The van der Waals surface area contributed by atoms with Crippen molar-refractivity contribution >= 4 is 39.9 Å². The van der Waals surface area contributed by atoms with Crippen LogP contribution in [0.25, 0.3) is 10.2 Å². The molecule has 0 bridgehead atoms. The number of fused-ring (bicyclic) bond motifs is 3. The Hall–Kier alpha value is -1.44. The molecule has 0 unspecified atom stereocenters. The van der Waals surface area contributed by atoms with E-state index in [0.29, 0.717) is 19.5 Å². The van der Waals surface area contributed by atoms with E-state index in [2.05, 4.69) is 15.6 Å². The van der Waals surface area contributed by atoms with Crippen molar-refractivity contribution in [2.75, 3.05) is 20.1 Å². The van der Waals surface area contributed by atoms with Gasteiger partial charge in [-0.1, -0.05) is 0 Å². The fourth-order valence-electron chi connectivity index (χ4n) is 2.98. The summed E-state index contributed by atoms with van der Waals surface area (Å²) in [5.74, 6) is -0.0420. The first-order valence-corrected chi connectivity index (χ1v) is 8.93. The van der Waals surface area contributed by atoms with E-state index in [1.165, 1.54) is 16.9 Å². The maximum atomic E-state index is 12.7. The molecule has 1 amide bonds. The van der Waals surface area contributed by atoms with Crippen LogP contribution in [0, 0.1) is 0 Å². The molecule has 2 aromatic heterocycles. The molecule has 2 N–H and O–H groups in total. The molecule has 1 aliphatic carbocycles. The Morgan fingerprint density at radius 1 is 1.33 bits per heavy atom. The number of amides is 1. The van der Waals surface area contributed by atoms with E-state index in [4.69, 9.17) is 0 Å². The van der Waals surface area contributed by atoms with Crippen LogP contribution in [-0.2, 0) is 24.2 Å². The minimum absolute atomic E-state index is 0. The minimum atomic E-state index is -0.0420. The summed E-state index contributed by atoms with van der Waals surface area (Å²) in [6.07, 6.45) is 6.24. The summed E-state index contributed by atoms with van der Waals surface area (Å²) in [4.78, 5) is 31.1. The van der Waals surface area contributed by atoms with Crippen LogP contribution in [0.3, 0.4) is 0 Å². The second-order valence-corrected chi connectivity index (χ2v) is 6.92. The van der Waals surface area contributed by atoms with Crippen molar-refractivity contribution in [2.24, 2.45) is 0 Å². The SMILES string of the molecule is CNCCNC(=O)CCn1cnc2sc3c(c2c1=O)CCCC3.Cl. The maximum absolute atomic E-state index is 12.7. The zero-order valence-electron chi connectivity index (χ0n) is 13.8. The molecule has 0 aliphatic heterocycles. The summed E-state index contributed by atoms with van der Waals surface area (Å²) in [5, 5.41) is 6.57. The summed E-state index contributed by atoms with van der Waals surface area (Å²) < 4.78 is 1.57. The number of thiophene rings is 1. The normalized spacial score (nSPS) is 13.4. The lowest BCUT2D eigenvalue weighted by Crippen LogP contribution is -2.32. The summed E-state index contributed by atoms with van der Waals surface area (Å²) in [7, 11) is 1.84. The topological polar surface area (TPSA) is 76.0 Å². The lowest BCUT2D eigenvalue weighted by atomic mass is 9.97. The molecule has 8 heteroatoms. The molecule has 132 valence electrons. The molecule has 2 heterocycles. The van der Waals surface area contributed by atoms with Crippen LogP contribution in [0.4, 0.5) is 0 Å². The maximum Gasteiger partial charge on any atom is 0.262 e. The van der Waals surface area contributed by atoms with E-state index < -0.39 is 0 Å². The second-order valence-electron chi connectivity index (χ2n) is 5.84. The van der Waals surface area contributed by atoms with E-state index in [0.717, 1.165) is 36.0 Å². The van der Waals surface area contributed by atoms with Gasteiger partial charge in [0, 0.05) is 30.9 Å². The number of hydrogen-bond donors (Lipinski definition) is 2. The zero-order valence-corrected chi connectivity index (χ0v) is 15.4. The third-order valence-corrected chi connectivity index (χ3v) is 5.42. The van der Waals surface area contributed by atoms with Crippen LogP contribution in [0.5, 0.6) is 0 Å². The third kappa shape index (κ3) is 3.96. The third-order valence-electron chi connectivity index (χ3n) is 4.22. The number of halogens is 1. The van der Waals surface area contributed by atoms with Crippen molar-refractivity contribution < 1.29 is 4.79 Å². The molecule has 0 atom stereocenters. The largest absolute Gasteiger partial charge is 0.355 e. The summed E-state index contributed by atoms with van der Waals surface area (Å²) in [6, 6.07) is 0. The average molecular weight is 371 g/mol. The number of aryl methyl sites for hydroxylation is 3. The van der Waals surface area contributed by atoms with Gasteiger partial charge in [-0.25, -0.2) is 4.98 Å². The van der Waals surface area contributed by atoms with Gasteiger partial charge in [0.2, 0.25) is 5.91 Å². The average Bonchev–Trinajstić information content (AvgIpc) is 2.93. The van der Waals surface area contributed by atoms with Crippen molar-refractivity contribution in [2.45, 2.75) is 38.6 Å². The van der Waals surface area contributed by atoms with Gasteiger partial charge in [0.1, 0.15) is 4.83 Å². The monoisotopic (exact) mass is 370 g/mol. The number of likely N-dealkylation sites (N-methyl/N-ethyl adjacent to an activating group) is 1. The molecule has 24 heavy (non-hydrogen) atoms. The molecule has 0 saturated heterocycles. The van der Waals surface area contributed by atoms with Gasteiger partial charge in [0.05, 0.1) is 11.7 Å². The highest BCUT2D eigenvalue weighted by Gasteiger charge is 2.19. The van der Waals surface area contributed by atoms with Gasteiger partial charge in [-0.15, -0.1) is 23.7 Å². The Morgan fingerprint density at radius 2 is 2.12 bits per heavy atom. The number of carbonyl (C=O) groups is 1. The smallest absolute Gasteiger partial charge is 0.262 e. The van der Waals surface area contributed by atoms with Crippen LogP contribution < -0.4 is 16.2 Å². The van der Waals surface area contributed by atoms with Crippen molar-refractivity contribution in [3.8, 4) is 0 Å². The molecule has 2 aromatic rings. The standard InChI is InChI=1S/C16H22N4O2S.ClH/c1-17-7-8-18-13(21)6-9-20-10-19-15-14(16(20)22)11-4-2-3-5-12(11)23-15;/h10,17H,2-9H2,1H3,(H,18,21);1H. The Labute approximate surface area is 151 Å². The van der Waals surface area contributed by atoms with E-state index in [1.807, 2.05) is 7.05 Å². The fraction of sp³-hybridized carbons (Fsp3) is 0.562. The molecule has 6 nitrogen and oxygen atoms in total. The number of carbonyl (C=O) groups excluding carboxylic acids is 1. The Bertz CT molecular complexity index is 771. The van der Waals surface area contributed by atoms with Crippen molar-refractivity contribution in [1.82, 2.24) is 20.2 Å². The lowest BCUT2D eigenvalue weighted by molar-refractivity contribution is -0.121. The fourth-order valence-corrected chi connectivity index (χ4v) is 4.20. The molecular formula is C16H23ClN4O2S. The van der Waals surface area contributed by atoms with E-state index in [9.17, 15) is 9.59 Å². The van der Waals surface area contributed by atoms with Gasteiger partial charge in [0.15, 0.2) is 0 Å². The number of rotatable bonds is 6. The van der Waals surface area contributed by atoms with Gasteiger partial charge < -0.3 is 10.6 Å². The van der Waals surface area contributed by atoms with Crippen LogP contribution in [-0.4, -0.2) is 35.6 Å². The second kappa shape index (κ2) is 8.60. The van der Waals surface area contributed by atoms with Gasteiger partial charge in [-0.3, -0.25) is 14.2 Å². The quantitative estimate of drug-likeness (QED) is 0.755. The molecule has 0 aromatic carbocycles. The Kier molecular flexibility index (Phi) is 6.77. The van der Waals surface area contributed by atoms with Crippen molar-refractivity contribution in [3.05, 3.63) is 27.1 Å². The van der Waals surface area contributed by atoms with Crippen LogP contribution in [0.1, 0.15) is 29.7 Å². The molecule has 0 fully saturated rings. The van der Waals surface area contributed by atoms with E-state index in [-0.39, 0.29) is 23.9 Å². The van der Waals surface area contributed by atoms with Crippen LogP contribution >= 0.6 is 23.7 Å². The lowest BCUT2D eigenvalue weighted by Gasteiger charge is -2.10. The van der Waals surface area contributed by atoms with Gasteiger partial charge >= 0.3 is 0 Å². The first kappa shape index (κ1) is 18.9. The number of aromatic nitrogens is 2. The predicted molar refractivity (Wildman–Crippen MR) is 99.3 cm³/mol. The predicted octanol–water partition coefficient (Wildman–Crippen LogP) is 1.48. The van der Waals surface area contributed by atoms with Gasteiger partial charge in [-0.2, -0.15) is 0 Å². The van der Waals surface area contributed by atoms with Crippen LogP contribution in [0.15, 0.2) is 11.1 Å². The number of nitrogens with zero attached hydrogens (tertiary/aromatic N) is 2. The number of hydrogen-bond acceptors (Lipinski definition) is 5. The minimum Gasteiger partial charge on any atom is -0.355 e. The summed E-state index contributed by atoms with van der Waals surface area (Å²) in [6.45, 7) is 1.71. The highest BCUT2D eigenvalue weighted by molar-refractivity contribution is 7.18. The van der Waals surface area contributed by atoms with Crippen LogP contribution in [0.2, 0.25) is 0 Å². The zero-order chi connectivity index (χ0) is 16.2. The molecule has 1 aliphatic rings. The highest BCUT2D eigenvalue weighted by Crippen LogP contribution is 2.33. The van der Waals surface area contributed by atoms with Crippen molar-refractivity contribution in [1.29, 1.82) is 0 Å². The molecule has 0 spiro atoms. The molecular weight excluding hydrogens is 348 g/mol. The van der Waals surface area contributed by atoms with E-state index >= 15 is 0 Å². The van der Waals surface area contributed by atoms with Gasteiger partial charge in [-0.05, 0) is 38.3 Å². The molecule has 0 saturated carbocycles. The summed E-state index contributed by atoms with van der Waals surface area (Å²) >= 11 is 1.65. The van der Waals surface area contributed by atoms with Crippen molar-refractivity contribution in [3.63, 3.8) is 0 Å². The Balaban J connectivity index is 0.00000208. The van der Waals surface area contributed by atoms with E-state index in [1.54, 1.807) is 22.2 Å². The first-order chi connectivity index (χ1) is 11.2.